The van der Waals surface area contributed by atoms with E-state index in [0.29, 0.717) is 10.2 Å². The van der Waals surface area contributed by atoms with Crippen LogP contribution in [0.15, 0.2) is 48.5 Å². The van der Waals surface area contributed by atoms with Crippen molar-refractivity contribution in [2.45, 2.75) is 12.2 Å². The molecular formula is C19H18ClN2O3S+. The summed E-state index contributed by atoms with van der Waals surface area (Å²) >= 11 is 7.63. The number of carbonyl (C=O) groups is 2. The average molecular weight is 390 g/mol. The van der Waals surface area contributed by atoms with Gasteiger partial charge in [-0.25, -0.2) is 9.37 Å². The molecule has 1 aliphatic rings. The van der Waals surface area contributed by atoms with E-state index < -0.39 is 11.8 Å². The van der Waals surface area contributed by atoms with Crippen LogP contribution in [0.5, 0.6) is 0 Å². The minimum atomic E-state index is -0.856. The first-order valence-electron chi connectivity index (χ1n) is 8.12. The summed E-state index contributed by atoms with van der Waals surface area (Å²) < 4.78 is 6.42. The topological polar surface area (TPSA) is 72.4 Å². The lowest BCUT2D eigenvalue weighted by atomic mass is 10.0. The highest BCUT2D eigenvalue weighted by Crippen LogP contribution is 2.44. The van der Waals surface area contributed by atoms with Gasteiger partial charge in [-0.15, -0.1) is 0 Å². The smallest absolute Gasteiger partial charge is 0.378 e. The van der Waals surface area contributed by atoms with Crippen LogP contribution < -0.4 is 5.73 Å². The molecule has 0 saturated carbocycles. The molecule has 5 nitrogen and oxygen atoms in total. The standard InChI is InChI=1S/C19H17ClN2O3S/c1-2-25-18(24)16(23)11-22-15-9-8-13(20)10-14(15)17(26-19(22)21)12-6-4-3-5-7-12/h3-10,17,21H,2,11H2,1H3/p+1. The molecule has 0 fully saturated rings. The zero-order chi connectivity index (χ0) is 18.7. The van der Waals surface area contributed by atoms with E-state index >= 15 is 0 Å². The van der Waals surface area contributed by atoms with Crippen molar-refractivity contribution in [2.24, 2.45) is 5.73 Å². The minimum absolute atomic E-state index is 0.0427. The van der Waals surface area contributed by atoms with Gasteiger partial charge in [0.1, 0.15) is 5.69 Å². The molecule has 0 aromatic heterocycles. The zero-order valence-corrected chi connectivity index (χ0v) is 15.7. The number of hydrogen-bond acceptors (Lipinski definition) is 5. The van der Waals surface area contributed by atoms with Gasteiger partial charge < -0.3 is 4.74 Å². The van der Waals surface area contributed by atoms with Crippen molar-refractivity contribution in [2.75, 3.05) is 13.2 Å². The molecule has 1 unspecified atom stereocenters. The zero-order valence-electron chi connectivity index (χ0n) is 14.1. The van der Waals surface area contributed by atoms with E-state index in [1.807, 2.05) is 42.5 Å². The number of fused-ring (bicyclic) bond motifs is 1. The SMILES string of the molecule is CCOC(=O)C(=O)C[N+]1=C(N)SC(c2ccccc2)c2cc(Cl)ccc21. The Morgan fingerprint density at radius 3 is 2.65 bits per heavy atom. The van der Waals surface area contributed by atoms with Gasteiger partial charge in [-0.05, 0) is 42.4 Å². The van der Waals surface area contributed by atoms with Crippen LogP contribution >= 0.6 is 23.4 Å². The quantitative estimate of drug-likeness (QED) is 0.482. The van der Waals surface area contributed by atoms with E-state index in [4.69, 9.17) is 22.1 Å². The van der Waals surface area contributed by atoms with E-state index in [-0.39, 0.29) is 18.4 Å². The van der Waals surface area contributed by atoms with Crippen molar-refractivity contribution >= 4 is 46.0 Å². The van der Waals surface area contributed by atoms with Crippen molar-refractivity contribution in [3.8, 4) is 0 Å². The fourth-order valence-corrected chi connectivity index (χ4v) is 4.13. The number of ether oxygens (including phenoxy) is 1. The molecule has 7 heteroatoms. The van der Waals surface area contributed by atoms with Crippen LogP contribution in [0.2, 0.25) is 5.02 Å². The van der Waals surface area contributed by atoms with Crippen LogP contribution in [0, 0.1) is 0 Å². The minimum Gasteiger partial charge on any atom is -0.460 e. The maximum Gasteiger partial charge on any atom is 0.378 e. The Bertz CT molecular complexity index is 884. The molecule has 0 bridgehead atoms. The Kier molecular flexibility index (Phi) is 5.64. The summed E-state index contributed by atoms with van der Waals surface area (Å²) in [6.45, 7) is 1.64. The Morgan fingerprint density at radius 2 is 1.96 bits per heavy atom. The summed E-state index contributed by atoms with van der Waals surface area (Å²) in [6.07, 6.45) is 0. The number of Topliss-reactive ketones (excluding diaryl/α,β-unsaturated/α-hetero) is 1. The number of carbonyl (C=O) groups excluding carboxylic acids is 2. The number of ketones is 1. The summed E-state index contributed by atoms with van der Waals surface area (Å²) in [5, 5.41) is 1.01. The first-order valence-corrected chi connectivity index (χ1v) is 9.38. The van der Waals surface area contributed by atoms with Gasteiger partial charge in [-0.1, -0.05) is 41.9 Å². The molecule has 1 aliphatic heterocycles. The monoisotopic (exact) mass is 389 g/mol. The first kappa shape index (κ1) is 18.5. The number of halogens is 1. The van der Waals surface area contributed by atoms with Crippen molar-refractivity contribution < 1.29 is 18.9 Å². The summed E-state index contributed by atoms with van der Waals surface area (Å²) in [5.41, 5.74) is 9.04. The molecule has 0 radical (unpaired) electrons. The number of rotatable bonds is 5. The van der Waals surface area contributed by atoms with Gasteiger partial charge in [0, 0.05) is 10.6 Å². The lowest BCUT2D eigenvalue weighted by Crippen LogP contribution is -2.34. The van der Waals surface area contributed by atoms with Crippen LogP contribution in [-0.4, -0.2) is 34.6 Å². The molecule has 3 rings (SSSR count). The highest BCUT2D eigenvalue weighted by atomic mass is 35.5. The molecule has 2 N–H and O–H groups in total. The van der Waals surface area contributed by atoms with Gasteiger partial charge in [-0.2, -0.15) is 0 Å². The number of amidine groups is 1. The van der Waals surface area contributed by atoms with Crippen LogP contribution in [0.3, 0.4) is 0 Å². The number of thioether (sulfide) groups is 1. The molecule has 134 valence electrons. The number of benzene rings is 2. The molecule has 0 aliphatic carbocycles. The molecule has 2 aromatic rings. The maximum absolute atomic E-state index is 12.2. The first-order chi connectivity index (χ1) is 12.5. The highest BCUT2D eigenvalue weighted by Gasteiger charge is 2.34. The Balaban J connectivity index is 2.01. The summed E-state index contributed by atoms with van der Waals surface area (Å²) in [6, 6.07) is 15.4. The van der Waals surface area contributed by atoms with Gasteiger partial charge in [0.15, 0.2) is 6.54 Å². The van der Waals surface area contributed by atoms with Crippen LogP contribution in [0.1, 0.15) is 23.3 Å². The molecule has 0 spiro atoms. The highest BCUT2D eigenvalue weighted by molar-refractivity contribution is 8.13. The van der Waals surface area contributed by atoms with Crippen molar-refractivity contribution in [3.63, 3.8) is 0 Å². The number of nitrogens with zero attached hydrogens (tertiary/aromatic N) is 1. The third kappa shape index (κ3) is 3.76. The van der Waals surface area contributed by atoms with Gasteiger partial charge in [0.05, 0.1) is 11.9 Å². The lowest BCUT2D eigenvalue weighted by molar-refractivity contribution is -0.426. The fourth-order valence-electron chi connectivity index (χ4n) is 2.81. The predicted octanol–water partition coefficient (Wildman–Crippen LogP) is 3.27. The van der Waals surface area contributed by atoms with Crippen molar-refractivity contribution in [1.82, 2.24) is 0 Å². The third-order valence-electron chi connectivity index (χ3n) is 3.97. The molecular weight excluding hydrogens is 372 g/mol. The number of nitrogens with two attached hydrogens (primary N) is 1. The molecule has 1 atom stereocenters. The summed E-state index contributed by atoms with van der Waals surface area (Å²) in [5.74, 6) is -1.50. The normalized spacial score (nSPS) is 16.2. The molecule has 0 saturated heterocycles. The van der Waals surface area contributed by atoms with Gasteiger partial charge in [0.2, 0.25) is 0 Å². The second-order valence-corrected chi connectivity index (χ2v) is 7.24. The van der Waals surface area contributed by atoms with Crippen molar-refractivity contribution in [1.29, 1.82) is 0 Å². The van der Waals surface area contributed by atoms with Gasteiger partial charge >= 0.3 is 11.1 Å². The van der Waals surface area contributed by atoms with E-state index in [2.05, 4.69) is 0 Å². The third-order valence-corrected chi connectivity index (χ3v) is 5.43. The van der Waals surface area contributed by atoms with E-state index in [9.17, 15) is 9.59 Å². The van der Waals surface area contributed by atoms with Crippen molar-refractivity contribution in [3.05, 3.63) is 64.7 Å². The second-order valence-electron chi connectivity index (χ2n) is 5.68. The summed E-state index contributed by atoms with van der Waals surface area (Å²) in [7, 11) is 0. The Morgan fingerprint density at radius 1 is 1.23 bits per heavy atom. The van der Waals surface area contributed by atoms with E-state index in [0.717, 1.165) is 16.8 Å². The molecule has 1 heterocycles. The predicted molar refractivity (Wildman–Crippen MR) is 103 cm³/mol. The maximum atomic E-state index is 12.2. The van der Waals surface area contributed by atoms with E-state index in [1.165, 1.54) is 11.8 Å². The largest absolute Gasteiger partial charge is 0.460 e. The molecule has 0 amide bonds. The Labute approximate surface area is 160 Å². The van der Waals surface area contributed by atoms with E-state index in [1.54, 1.807) is 17.6 Å². The van der Waals surface area contributed by atoms with Gasteiger partial charge in [0.25, 0.3) is 5.78 Å². The van der Waals surface area contributed by atoms with Crippen LogP contribution in [-0.2, 0) is 14.3 Å². The average Bonchev–Trinajstić information content (AvgIpc) is 2.64. The number of esters is 1. The van der Waals surface area contributed by atoms with Crippen LogP contribution in [0.25, 0.3) is 0 Å². The molecule has 26 heavy (non-hydrogen) atoms. The van der Waals surface area contributed by atoms with Crippen LogP contribution in [0.4, 0.5) is 5.69 Å². The molecule has 2 aromatic carbocycles. The Hall–Kier alpha value is -2.31. The second kappa shape index (κ2) is 7.93. The lowest BCUT2D eigenvalue weighted by Gasteiger charge is -2.25. The van der Waals surface area contributed by atoms with Gasteiger partial charge in [-0.3, -0.25) is 10.5 Å². The fraction of sp³-hybridized carbons (Fsp3) is 0.211. The number of hydrogen-bond donors (Lipinski definition) is 1. The summed E-state index contributed by atoms with van der Waals surface area (Å²) in [4.78, 5) is 23.9.